The highest BCUT2D eigenvalue weighted by atomic mass is 32.1. The molecule has 0 fully saturated rings. The normalized spacial score (nSPS) is 13.6. The Kier molecular flexibility index (Phi) is 6.67. The molecule has 1 amide bonds. The molecule has 0 aromatic carbocycles. The van der Waals surface area contributed by atoms with Crippen LogP contribution in [0.3, 0.4) is 0 Å². The largest absolute Gasteiger partial charge is 0.468 e. The summed E-state index contributed by atoms with van der Waals surface area (Å²) >= 11 is 1.54. The second-order valence-corrected chi connectivity index (χ2v) is 5.71. The van der Waals surface area contributed by atoms with Gasteiger partial charge in [0.1, 0.15) is 6.04 Å². The van der Waals surface area contributed by atoms with Crippen LogP contribution in [0.15, 0.2) is 11.4 Å². The van der Waals surface area contributed by atoms with Gasteiger partial charge < -0.3 is 10.1 Å². The second-order valence-electron chi connectivity index (χ2n) is 4.71. The van der Waals surface area contributed by atoms with Crippen molar-refractivity contribution in [2.45, 2.75) is 39.8 Å². The van der Waals surface area contributed by atoms with Gasteiger partial charge in [0, 0.05) is 18.3 Å². The predicted octanol–water partition coefficient (Wildman–Crippen LogP) is 2.38. The lowest BCUT2D eigenvalue weighted by Crippen LogP contribution is -2.42. The van der Waals surface area contributed by atoms with Gasteiger partial charge >= 0.3 is 5.97 Å². The van der Waals surface area contributed by atoms with Crippen molar-refractivity contribution in [1.29, 1.82) is 0 Å². The van der Waals surface area contributed by atoms with E-state index in [0.29, 0.717) is 6.54 Å². The van der Waals surface area contributed by atoms with E-state index in [1.807, 2.05) is 25.3 Å². The van der Waals surface area contributed by atoms with Crippen molar-refractivity contribution < 1.29 is 14.3 Å². The Morgan fingerprint density at radius 2 is 2.15 bits per heavy atom. The standard InChI is InChI=1S/C14H22N2O3S/c1-5-9(2)13(14(18)19-4)15-8-12-11(6-7-20-12)16-10(3)17/h6-7,9,13,15H,5,8H2,1-4H3,(H,16,17). The van der Waals surface area contributed by atoms with Crippen molar-refractivity contribution in [3.8, 4) is 0 Å². The third-order valence-corrected chi connectivity index (χ3v) is 4.13. The minimum Gasteiger partial charge on any atom is -0.468 e. The molecule has 1 aromatic rings. The Morgan fingerprint density at radius 3 is 2.70 bits per heavy atom. The molecule has 1 rings (SSSR count). The lowest BCUT2D eigenvalue weighted by molar-refractivity contribution is -0.144. The quantitative estimate of drug-likeness (QED) is 0.758. The number of carbonyl (C=O) groups is 2. The van der Waals surface area contributed by atoms with Gasteiger partial charge in [-0.05, 0) is 17.4 Å². The Labute approximate surface area is 123 Å². The molecular formula is C14H22N2O3S. The number of hydrogen-bond acceptors (Lipinski definition) is 5. The summed E-state index contributed by atoms with van der Waals surface area (Å²) in [7, 11) is 1.40. The van der Waals surface area contributed by atoms with Crippen molar-refractivity contribution in [2.24, 2.45) is 5.92 Å². The number of rotatable bonds is 7. The van der Waals surface area contributed by atoms with E-state index in [-0.39, 0.29) is 23.8 Å². The third kappa shape index (κ3) is 4.61. The van der Waals surface area contributed by atoms with Crippen LogP contribution in [-0.4, -0.2) is 25.0 Å². The fourth-order valence-corrected chi connectivity index (χ4v) is 2.64. The van der Waals surface area contributed by atoms with Crippen molar-refractivity contribution >= 4 is 28.9 Å². The molecule has 0 spiro atoms. The number of nitrogens with one attached hydrogen (secondary N) is 2. The van der Waals surface area contributed by atoms with Gasteiger partial charge in [0.05, 0.1) is 12.8 Å². The average molecular weight is 298 g/mol. The van der Waals surface area contributed by atoms with Gasteiger partial charge in [0.25, 0.3) is 0 Å². The Bertz CT molecular complexity index is 459. The molecule has 2 atom stereocenters. The first-order chi connectivity index (χ1) is 9.49. The van der Waals surface area contributed by atoms with Gasteiger partial charge in [-0.3, -0.25) is 14.9 Å². The van der Waals surface area contributed by atoms with E-state index < -0.39 is 0 Å². The van der Waals surface area contributed by atoms with Crippen molar-refractivity contribution in [2.75, 3.05) is 12.4 Å². The SMILES string of the molecule is CCC(C)C(NCc1sccc1NC(C)=O)C(=O)OC. The molecule has 0 saturated heterocycles. The number of thiophene rings is 1. The van der Waals surface area contributed by atoms with Crippen LogP contribution in [0, 0.1) is 5.92 Å². The molecule has 0 aliphatic rings. The number of esters is 1. The summed E-state index contributed by atoms with van der Waals surface area (Å²) in [6.07, 6.45) is 0.885. The molecule has 2 N–H and O–H groups in total. The van der Waals surface area contributed by atoms with Gasteiger partial charge in [-0.15, -0.1) is 11.3 Å². The highest BCUT2D eigenvalue weighted by molar-refractivity contribution is 7.10. The summed E-state index contributed by atoms with van der Waals surface area (Å²) in [6, 6.07) is 1.52. The summed E-state index contributed by atoms with van der Waals surface area (Å²) in [4.78, 5) is 23.9. The van der Waals surface area contributed by atoms with E-state index in [1.165, 1.54) is 14.0 Å². The maximum absolute atomic E-state index is 11.8. The molecule has 112 valence electrons. The van der Waals surface area contributed by atoms with E-state index in [4.69, 9.17) is 4.74 Å². The Hall–Kier alpha value is -1.40. The van der Waals surface area contributed by atoms with Crippen molar-refractivity contribution in [3.63, 3.8) is 0 Å². The van der Waals surface area contributed by atoms with Gasteiger partial charge in [0.15, 0.2) is 0 Å². The van der Waals surface area contributed by atoms with Gasteiger partial charge in [-0.1, -0.05) is 20.3 Å². The zero-order valence-corrected chi connectivity index (χ0v) is 13.2. The van der Waals surface area contributed by atoms with Crippen LogP contribution >= 0.6 is 11.3 Å². The first kappa shape index (κ1) is 16.7. The molecule has 0 bridgehead atoms. The minimum atomic E-state index is -0.336. The van der Waals surface area contributed by atoms with E-state index in [1.54, 1.807) is 11.3 Å². The minimum absolute atomic E-state index is 0.101. The highest BCUT2D eigenvalue weighted by Crippen LogP contribution is 2.22. The van der Waals surface area contributed by atoms with Gasteiger partial charge in [-0.25, -0.2) is 0 Å². The van der Waals surface area contributed by atoms with Crippen LogP contribution < -0.4 is 10.6 Å². The monoisotopic (exact) mass is 298 g/mol. The fourth-order valence-electron chi connectivity index (χ4n) is 1.86. The second kappa shape index (κ2) is 8.01. The van der Waals surface area contributed by atoms with Crippen molar-refractivity contribution in [1.82, 2.24) is 5.32 Å². The molecular weight excluding hydrogens is 276 g/mol. The van der Waals surface area contributed by atoms with Crippen LogP contribution in [0.25, 0.3) is 0 Å². The maximum atomic E-state index is 11.8. The molecule has 0 aliphatic heterocycles. The van der Waals surface area contributed by atoms with E-state index in [2.05, 4.69) is 10.6 Å². The molecule has 1 heterocycles. The summed E-state index contributed by atoms with van der Waals surface area (Å²) < 4.78 is 4.83. The van der Waals surface area contributed by atoms with E-state index in [9.17, 15) is 9.59 Å². The number of amides is 1. The van der Waals surface area contributed by atoms with Crippen LogP contribution in [0.2, 0.25) is 0 Å². The lowest BCUT2D eigenvalue weighted by atomic mass is 9.99. The topological polar surface area (TPSA) is 67.4 Å². The molecule has 0 aliphatic carbocycles. The molecule has 6 heteroatoms. The molecule has 2 unspecified atom stereocenters. The smallest absolute Gasteiger partial charge is 0.323 e. The number of anilines is 1. The zero-order valence-electron chi connectivity index (χ0n) is 12.4. The van der Waals surface area contributed by atoms with Crippen LogP contribution in [-0.2, 0) is 20.9 Å². The Morgan fingerprint density at radius 1 is 1.45 bits per heavy atom. The number of ether oxygens (including phenoxy) is 1. The summed E-state index contributed by atoms with van der Waals surface area (Å²) in [5.41, 5.74) is 0.794. The van der Waals surface area contributed by atoms with E-state index in [0.717, 1.165) is 17.0 Å². The maximum Gasteiger partial charge on any atom is 0.323 e. The third-order valence-electron chi connectivity index (χ3n) is 3.21. The number of methoxy groups -OCH3 is 1. The zero-order chi connectivity index (χ0) is 15.1. The summed E-state index contributed by atoms with van der Waals surface area (Å²) in [5.74, 6) is -0.167. The predicted molar refractivity (Wildman–Crippen MR) is 80.7 cm³/mol. The van der Waals surface area contributed by atoms with Crippen molar-refractivity contribution in [3.05, 3.63) is 16.3 Å². The molecule has 0 radical (unpaired) electrons. The summed E-state index contributed by atoms with van der Waals surface area (Å²) in [6.45, 7) is 6.05. The average Bonchev–Trinajstić information content (AvgIpc) is 2.84. The van der Waals surface area contributed by atoms with Crippen LogP contribution in [0.1, 0.15) is 32.1 Å². The van der Waals surface area contributed by atoms with Gasteiger partial charge in [-0.2, -0.15) is 0 Å². The Balaban J connectivity index is 2.70. The van der Waals surface area contributed by atoms with E-state index >= 15 is 0 Å². The summed E-state index contributed by atoms with van der Waals surface area (Å²) in [5, 5.41) is 7.92. The molecule has 0 saturated carbocycles. The first-order valence-corrected chi connectivity index (χ1v) is 7.52. The highest BCUT2D eigenvalue weighted by Gasteiger charge is 2.24. The molecule has 5 nitrogen and oxygen atoms in total. The number of carbonyl (C=O) groups excluding carboxylic acids is 2. The number of hydrogen-bond donors (Lipinski definition) is 2. The van der Waals surface area contributed by atoms with Crippen LogP contribution in [0.4, 0.5) is 5.69 Å². The molecule has 1 aromatic heterocycles. The molecule has 20 heavy (non-hydrogen) atoms. The van der Waals surface area contributed by atoms with Crippen LogP contribution in [0.5, 0.6) is 0 Å². The van der Waals surface area contributed by atoms with Gasteiger partial charge in [0.2, 0.25) is 5.91 Å². The lowest BCUT2D eigenvalue weighted by Gasteiger charge is -2.21. The fraction of sp³-hybridized carbons (Fsp3) is 0.571. The first-order valence-electron chi connectivity index (χ1n) is 6.64.